The largest absolute Gasteiger partial charge is 0.480 e. The maximum absolute atomic E-state index is 11.8. The molecule has 0 aromatic heterocycles. The number of rotatable bonds is 7. The smallest absolute Gasteiger partial charge is 0.329 e. The highest BCUT2D eigenvalue weighted by Gasteiger charge is 2.34. The van der Waals surface area contributed by atoms with Crippen molar-refractivity contribution in [2.45, 2.75) is 59.9 Å². The molecule has 0 saturated carbocycles. The van der Waals surface area contributed by atoms with Gasteiger partial charge in [0.25, 0.3) is 0 Å². The Bertz CT molecular complexity index is 327. The van der Waals surface area contributed by atoms with E-state index in [1.54, 1.807) is 0 Å². The van der Waals surface area contributed by atoms with E-state index in [9.17, 15) is 14.7 Å². The minimum Gasteiger partial charge on any atom is -0.480 e. The Kier molecular flexibility index (Phi) is 6.33. The summed E-state index contributed by atoms with van der Waals surface area (Å²) in [7, 11) is 0. The quantitative estimate of drug-likeness (QED) is 0.666. The molecule has 0 radical (unpaired) electrons. The van der Waals surface area contributed by atoms with Gasteiger partial charge < -0.3 is 15.7 Å². The van der Waals surface area contributed by atoms with Crippen LogP contribution in [-0.2, 0) is 4.79 Å². The molecule has 5 heteroatoms. The fourth-order valence-electron chi connectivity index (χ4n) is 1.53. The first-order valence-electron chi connectivity index (χ1n) is 6.84. The van der Waals surface area contributed by atoms with Gasteiger partial charge in [-0.3, -0.25) is 0 Å². The number of amides is 2. The lowest BCUT2D eigenvalue weighted by atomic mass is 9.81. The number of carbonyl (C=O) groups is 2. The fraction of sp³-hybridized carbons (Fsp3) is 0.857. The van der Waals surface area contributed by atoms with Crippen LogP contribution in [0.4, 0.5) is 4.79 Å². The molecule has 0 saturated heterocycles. The van der Waals surface area contributed by atoms with E-state index in [4.69, 9.17) is 0 Å². The van der Waals surface area contributed by atoms with E-state index in [1.165, 1.54) is 6.92 Å². The lowest BCUT2D eigenvalue weighted by molar-refractivity contribution is -0.144. The molecule has 0 heterocycles. The van der Waals surface area contributed by atoms with Gasteiger partial charge in [-0.1, -0.05) is 41.0 Å². The molecule has 5 nitrogen and oxygen atoms in total. The van der Waals surface area contributed by atoms with E-state index >= 15 is 0 Å². The number of carbonyl (C=O) groups excluding carboxylic acids is 1. The van der Waals surface area contributed by atoms with Gasteiger partial charge >= 0.3 is 12.0 Å². The highest BCUT2D eigenvalue weighted by Crippen LogP contribution is 2.24. The molecule has 3 N–H and O–H groups in total. The maximum atomic E-state index is 11.8. The highest BCUT2D eigenvalue weighted by molar-refractivity contribution is 5.85. The molecule has 0 rings (SSSR count). The van der Waals surface area contributed by atoms with E-state index in [-0.39, 0.29) is 5.41 Å². The van der Waals surface area contributed by atoms with Crippen LogP contribution in [0.5, 0.6) is 0 Å². The Morgan fingerprint density at radius 2 is 1.74 bits per heavy atom. The molecule has 0 spiro atoms. The van der Waals surface area contributed by atoms with Gasteiger partial charge in [-0.05, 0) is 24.7 Å². The first-order chi connectivity index (χ1) is 8.55. The molecule has 1 unspecified atom stereocenters. The molecule has 0 aliphatic carbocycles. The summed E-state index contributed by atoms with van der Waals surface area (Å²) in [6.45, 7) is 12.3. The molecule has 1 atom stereocenters. The molecular weight excluding hydrogens is 244 g/mol. The molecular formula is C14H28N2O3. The second kappa shape index (κ2) is 6.78. The molecule has 0 fully saturated rings. The Morgan fingerprint density at radius 3 is 2.11 bits per heavy atom. The third-order valence-corrected chi connectivity index (χ3v) is 3.88. The van der Waals surface area contributed by atoms with E-state index in [2.05, 4.69) is 38.3 Å². The monoisotopic (exact) mass is 272 g/mol. The van der Waals surface area contributed by atoms with Gasteiger partial charge in [0.2, 0.25) is 0 Å². The van der Waals surface area contributed by atoms with Crippen LogP contribution in [0.25, 0.3) is 0 Å². The summed E-state index contributed by atoms with van der Waals surface area (Å²) in [5, 5.41) is 14.5. The standard InChI is InChI=1S/C14H28N2O3/c1-7-8-14(6,11(17)18)16-12(19)15-9-13(4,5)10(2)3/h10H,7-9H2,1-6H3,(H,17,18)(H2,15,16,19). The van der Waals surface area contributed by atoms with Crippen LogP contribution in [0.1, 0.15) is 54.4 Å². The van der Waals surface area contributed by atoms with Crippen LogP contribution >= 0.6 is 0 Å². The third-order valence-electron chi connectivity index (χ3n) is 3.88. The molecule has 112 valence electrons. The fourth-order valence-corrected chi connectivity index (χ4v) is 1.53. The van der Waals surface area contributed by atoms with Crippen LogP contribution in [0.2, 0.25) is 0 Å². The molecule has 0 aromatic rings. The van der Waals surface area contributed by atoms with Crippen molar-refractivity contribution < 1.29 is 14.7 Å². The second-order valence-electron chi connectivity index (χ2n) is 6.34. The van der Waals surface area contributed by atoms with Gasteiger partial charge in [0.15, 0.2) is 0 Å². The minimum absolute atomic E-state index is 0.0261. The average molecular weight is 272 g/mol. The Morgan fingerprint density at radius 1 is 1.21 bits per heavy atom. The molecule has 0 aliphatic heterocycles. The summed E-state index contributed by atoms with van der Waals surface area (Å²) in [6.07, 6.45) is 1.10. The predicted octanol–water partition coefficient (Wildman–Crippen LogP) is 2.61. The van der Waals surface area contributed by atoms with Crippen LogP contribution in [0.3, 0.4) is 0 Å². The topological polar surface area (TPSA) is 78.4 Å². The number of urea groups is 1. The summed E-state index contributed by atoms with van der Waals surface area (Å²) < 4.78 is 0. The van der Waals surface area contributed by atoms with Crippen molar-refractivity contribution >= 4 is 12.0 Å². The lowest BCUT2D eigenvalue weighted by Gasteiger charge is -2.31. The lowest BCUT2D eigenvalue weighted by Crippen LogP contribution is -2.56. The number of carboxylic acids is 1. The van der Waals surface area contributed by atoms with Gasteiger partial charge in [-0.25, -0.2) is 9.59 Å². The number of hydrogen-bond donors (Lipinski definition) is 3. The summed E-state index contributed by atoms with van der Waals surface area (Å²) in [6, 6.07) is -0.424. The maximum Gasteiger partial charge on any atom is 0.329 e. The Hall–Kier alpha value is -1.26. The molecule has 19 heavy (non-hydrogen) atoms. The van der Waals surface area contributed by atoms with E-state index in [0.29, 0.717) is 25.3 Å². The Balaban J connectivity index is 4.49. The summed E-state index contributed by atoms with van der Waals surface area (Å²) >= 11 is 0. The summed E-state index contributed by atoms with van der Waals surface area (Å²) in [5.74, 6) is -0.582. The van der Waals surface area contributed by atoms with Crippen LogP contribution < -0.4 is 10.6 Å². The van der Waals surface area contributed by atoms with Crippen molar-refractivity contribution in [3.63, 3.8) is 0 Å². The molecule has 0 aliphatic rings. The van der Waals surface area contributed by atoms with Gasteiger partial charge in [0.05, 0.1) is 0 Å². The van der Waals surface area contributed by atoms with Crippen LogP contribution in [0.15, 0.2) is 0 Å². The average Bonchev–Trinajstić information content (AvgIpc) is 2.26. The Labute approximate surface area is 116 Å². The van der Waals surface area contributed by atoms with E-state index in [1.807, 2.05) is 6.92 Å². The van der Waals surface area contributed by atoms with Crippen molar-refractivity contribution in [3.8, 4) is 0 Å². The van der Waals surface area contributed by atoms with Gasteiger partial charge in [0.1, 0.15) is 5.54 Å². The van der Waals surface area contributed by atoms with Gasteiger partial charge in [-0.2, -0.15) is 0 Å². The van der Waals surface area contributed by atoms with Crippen molar-refractivity contribution in [2.24, 2.45) is 11.3 Å². The van der Waals surface area contributed by atoms with Crippen LogP contribution in [0, 0.1) is 11.3 Å². The number of hydrogen-bond acceptors (Lipinski definition) is 2. The zero-order valence-electron chi connectivity index (χ0n) is 13.0. The first kappa shape index (κ1) is 17.7. The van der Waals surface area contributed by atoms with E-state index < -0.39 is 17.5 Å². The predicted molar refractivity (Wildman–Crippen MR) is 76.1 cm³/mol. The number of carboxylic acid groups (broad SMARTS) is 1. The van der Waals surface area contributed by atoms with Gasteiger partial charge in [-0.15, -0.1) is 0 Å². The zero-order chi connectivity index (χ0) is 15.3. The van der Waals surface area contributed by atoms with Crippen LogP contribution in [-0.4, -0.2) is 29.2 Å². The SMILES string of the molecule is CCCC(C)(NC(=O)NCC(C)(C)C(C)C)C(=O)O. The van der Waals surface area contributed by atoms with Crippen molar-refractivity contribution in [1.29, 1.82) is 0 Å². The zero-order valence-corrected chi connectivity index (χ0v) is 13.0. The van der Waals surface area contributed by atoms with Gasteiger partial charge in [0, 0.05) is 6.54 Å². The molecule has 0 aromatic carbocycles. The molecule has 0 bridgehead atoms. The highest BCUT2D eigenvalue weighted by atomic mass is 16.4. The number of aliphatic carboxylic acids is 1. The minimum atomic E-state index is -1.21. The summed E-state index contributed by atoms with van der Waals surface area (Å²) in [5.41, 5.74) is -1.23. The van der Waals surface area contributed by atoms with Crippen molar-refractivity contribution in [2.75, 3.05) is 6.54 Å². The normalized spacial score (nSPS) is 14.9. The second-order valence-corrected chi connectivity index (χ2v) is 6.34. The number of nitrogens with one attached hydrogen (secondary N) is 2. The van der Waals surface area contributed by atoms with E-state index in [0.717, 1.165) is 0 Å². The van der Waals surface area contributed by atoms with Crippen molar-refractivity contribution in [1.82, 2.24) is 10.6 Å². The first-order valence-corrected chi connectivity index (χ1v) is 6.84. The molecule has 2 amide bonds. The third kappa shape index (κ3) is 5.49. The van der Waals surface area contributed by atoms with Crippen molar-refractivity contribution in [3.05, 3.63) is 0 Å². The summed E-state index contributed by atoms with van der Waals surface area (Å²) in [4.78, 5) is 23.0.